The molecule has 24 heavy (non-hydrogen) atoms. The second-order valence-electron chi connectivity index (χ2n) is 5.38. The lowest BCUT2D eigenvalue weighted by Crippen LogP contribution is -2.23. The van der Waals surface area contributed by atoms with E-state index in [2.05, 4.69) is 9.88 Å². The summed E-state index contributed by atoms with van der Waals surface area (Å²) in [5, 5.41) is 3.74. The van der Waals surface area contributed by atoms with Gasteiger partial charge in [0.25, 0.3) is 0 Å². The number of benzene rings is 2. The topological polar surface area (TPSA) is 98.2 Å². The fraction of sp³-hybridized carbons (Fsp3) is 0.118. The van der Waals surface area contributed by atoms with Crippen molar-refractivity contribution in [1.82, 2.24) is 9.88 Å². The summed E-state index contributed by atoms with van der Waals surface area (Å²) in [5.41, 5.74) is 8.41. The molecule has 0 saturated carbocycles. The molecular formula is C17H17N3O3S. The highest BCUT2D eigenvalue weighted by molar-refractivity contribution is 7.89. The highest BCUT2D eigenvalue weighted by Gasteiger charge is 2.19. The van der Waals surface area contributed by atoms with Gasteiger partial charge < -0.3 is 10.3 Å². The zero-order valence-electron chi connectivity index (χ0n) is 13.1. The Hall–Kier alpha value is -2.64. The van der Waals surface area contributed by atoms with Crippen molar-refractivity contribution in [2.24, 2.45) is 0 Å². The molecule has 6 nitrogen and oxygen atoms in total. The van der Waals surface area contributed by atoms with Gasteiger partial charge in [0.05, 0.1) is 17.1 Å². The smallest absolute Gasteiger partial charge is 0.241 e. The molecule has 7 heteroatoms. The maximum Gasteiger partial charge on any atom is 0.241 e. The van der Waals surface area contributed by atoms with Crippen LogP contribution in [0.25, 0.3) is 11.1 Å². The molecule has 0 aliphatic rings. The van der Waals surface area contributed by atoms with E-state index in [0.717, 1.165) is 5.56 Å². The number of nitrogens with two attached hydrogens (primary N) is 1. The summed E-state index contributed by atoms with van der Waals surface area (Å²) in [4.78, 5) is 0.187. The van der Waals surface area contributed by atoms with Crippen molar-refractivity contribution in [2.75, 3.05) is 5.73 Å². The van der Waals surface area contributed by atoms with Crippen LogP contribution in [0.4, 0.5) is 5.69 Å². The number of hydrogen-bond donors (Lipinski definition) is 2. The number of nitrogen functional groups attached to an aromatic ring is 1. The molecule has 3 N–H and O–H groups in total. The minimum absolute atomic E-state index is 0.0361. The molecule has 1 aromatic heterocycles. The van der Waals surface area contributed by atoms with E-state index in [1.54, 1.807) is 55.5 Å². The largest absolute Gasteiger partial charge is 0.399 e. The summed E-state index contributed by atoms with van der Waals surface area (Å²) in [6.07, 6.45) is 0. The number of anilines is 1. The molecule has 0 radical (unpaired) electrons. The Labute approximate surface area is 140 Å². The van der Waals surface area contributed by atoms with Gasteiger partial charge in [0.2, 0.25) is 10.0 Å². The lowest BCUT2D eigenvalue weighted by atomic mass is 10.1. The molecule has 0 spiro atoms. The maximum absolute atomic E-state index is 12.7. The normalized spacial score (nSPS) is 11.5. The van der Waals surface area contributed by atoms with Gasteiger partial charge in [-0.3, -0.25) is 0 Å². The molecule has 3 aromatic rings. The van der Waals surface area contributed by atoms with E-state index in [9.17, 15) is 8.42 Å². The van der Waals surface area contributed by atoms with E-state index in [1.165, 1.54) is 0 Å². The summed E-state index contributed by atoms with van der Waals surface area (Å²) in [7, 11) is -3.72. The van der Waals surface area contributed by atoms with E-state index in [1.807, 2.05) is 6.07 Å². The Morgan fingerprint density at radius 2 is 1.92 bits per heavy atom. The van der Waals surface area contributed by atoms with Crippen LogP contribution in [0.5, 0.6) is 0 Å². The Bertz CT molecular complexity index is 964. The zero-order chi connectivity index (χ0) is 17.2. The van der Waals surface area contributed by atoms with Crippen molar-refractivity contribution in [2.45, 2.75) is 18.4 Å². The zero-order valence-corrected chi connectivity index (χ0v) is 13.9. The SMILES string of the molecule is Cc1cc(CNS(=O)(=O)c2ccccc2-c2cccc(N)c2)on1. The first kappa shape index (κ1) is 16.2. The fourth-order valence-corrected chi connectivity index (χ4v) is 3.61. The summed E-state index contributed by atoms with van der Waals surface area (Å²) >= 11 is 0. The maximum atomic E-state index is 12.7. The molecule has 124 valence electrons. The van der Waals surface area contributed by atoms with E-state index in [4.69, 9.17) is 10.3 Å². The van der Waals surface area contributed by atoms with Gasteiger partial charge in [-0.1, -0.05) is 35.5 Å². The first-order valence-electron chi connectivity index (χ1n) is 7.32. The third-order valence-corrected chi connectivity index (χ3v) is 4.95. The molecule has 2 aromatic carbocycles. The van der Waals surface area contributed by atoms with Crippen LogP contribution in [-0.2, 0) is 16.6 Å². The van der Waals surface area contributed by atoms with Crippen LogP contribution in [0, 0.1) is 6.92 Å². The van der Waals surface area contributed by atoms with E-state index in [0.29, 0.717) is 22.7 Å². The third kappa shape index (κ3) is 3.47. The van der Waals surface area contributed by atoms with Crippen molar-refractivity contribution in [3.05, 3.63) is 66.1 Å². The number of hydrogen-bond acceptors (Lipinski definition) is 5. The Morgan fingerprint density at radius 3 is 2.62 bits per heavy atom. The van der Waals surface area contributed by atoms with Crippen LogP contribution in [0.3, 0.4) is 0 Å². The van der Waals surface area contributed by atoms with Crippen molar-refractivity contribution < 1.29 is 12.9 Å². The molecule has 0 fully saturated rings. The lowest BCUT2D eigenvalue weighted by Gasteiger charge is -2.11. The molecular weight excluding hydrogens is 326 g/mol. The molecule has 0 atom stereocenters. The Balaban J connectivity index is 1.93. The Kier molecular flexibility index (Phi) is 4.37. The average molecular weight is 343 g/mol. The standard InChI is InChI=1S/C17H17N3O3S/c1-12-9-15(23-20-12)11-19-24(21,22)17-8-3-2-7-16(17)13-5-4-6-14(18)10-13/h2-10,19H,11,18H2,1H3. The summed E-state index contributed by atoms with van der Waals surface area (Å²) in [6, 6.07) is 15.6. The summed E-state index contributed by atoms with van der Waals surface area (Å²) < 4.78 is 32.9. The molecule has 3 rings (SSSR count). The van der Waals surface area contributed by atoms with E-state index < -0.39 is 10.0 Å². The van der Waals surface area contributed by atoms with Gasteiger partial charge in [-0.15, -0.1) is 0 Å². The van der Waals surface area contributed by atoms with Gasteiger partial charge in [-0.25, -0.2) is 13.1 Å². The minimum Gasteiger partial charge on any atom is -0.399 e. The van der Waals surface area contributed by atoms with Crippen LogP contribution in [0.2, 0.25) is 0 Å². The number of nitrogens with zero attached hydrogens (tertiary/aromatic N) is 1. The first-order chi connectivity index (χ1) is 11.5. The number of aromatic nitrogens is 1. The number of rotatable bonds is 5. The van der Waals surface area contributed by atoms with Crippen LogP contribution >= 0.6 is 0 Å². The highest BCUT2D eigenvalue weighted by Crippen LogP contribution is 2.28. The quantitative estimate of drug-likeness (QED) is 0.694. The van der Waals surface area contributed by atoms with Crippen LogP contribution < -0.4 is 10.5 Å². The van der Waals surface area contributed by atoms with Crippen molar-refractivity contribution >= 4 is 15.7 Å². The van der Waals surface area contributed by atoms with Gasteiger partial charge in [-0.05, 0) is 30.7 Å². The summed E-state index contributed by atoms with van der Waals surface area (Å²) in [6.45, 7) is 1.81. The molecule has 0 bridgehead atoms. The van der Waals surface area contributed by atoms with E-state index >= 15 is 0 Å². The van der Waals surface area contributed by atoms with Gasteiger partial charge >= 0.3 is 0 Å². The predicted octanol–water partition coefficient (Wildman–Crippen LogP) is 2.71. The molecule has 1 heterocycles. The second-order valence-corrected chi connectivity index (χ2v) is 7.12. The van der Waals surface area contributed by atoms with Gasteiger partial charge in [-0.2, -0.15) is 0 Å². The highest BCUT2D eigenvalue weighted by atomic mass is 32.2. The van der Waals surface area contributed by atoms with Gasteiger partial charge in [0.1, 0.15) is 0 Å². The van der Waals surface area contributed by atoms with Crippen LogP contribution in [-0.4, -0.2) is 13.6 Å². The average Bonchev–Trinajstić information content (AvgIpc) is 2.99. The monoisotopic (exact) mass is 343 g/mol. The second kappa shape index (κ2) is 6.46. The fourth-order valence-electron chi connectivity index (χ4n) is 2.39. The Morgan fingerprint density at radius 1 is 1.12 bits per heavy atom. The number of sulfonamides is 1. The molecule has 0 saturated heterocycles. The third-order valence-electron chi connectivity index (χ3n) is 3.49. The van der Waals surface area contributed by atoms with Crippen molar-refractivity contribution in [3.63, 3.8) is 0 Å². The molecule has 0 unspecified atom stereocenters. The van der Waals surface area contributed by atoms with Crippen molar-refractivity contribution in [1.29, 1.82) is 0 Å². The molecule has 0 aliphatic carbocycles. The number of nitrogens with one attached hydrogen (secondary N) is 1. The van der Waals surface area contributed by atoms with Crippen LogP contribution in [0.1, 0.15) is 11.5 Å². The van der Waals surface area contributed by atoms with Gasteiger partial charge in [0, 0.05) is 17.3 Å². The van der Waals surface area contributed by atoms with E-state index in [-0.39, 0.29) is 11.4 Å². The van der Waals surface area contributed by atoms with Gasteiger partial charge in [0.15, 0.2) is 5.76 Å². The first-order valence-corrected chi connectivity index (χ1v) is 8.81. The van der Waals surface area contributed by atoms with Crippen molar-refractivity contribution in [3.8, 4) is 11.1 Å². The van der Waals surface area contributed by atoms with Crippen LogP contribution in [0.15, 0.2) is 64.0 Å². The predicted molar refractivity (Wildman–Crippen MR) is 91.6 cm³/mol. The lowest BCUT2D eigenvalue weighted by molar-refractivity contribution is 0.377. The molecule has 0 amide bonds. The minimum atomic E-state index is -3.72. The number of aryl methyl sites for hydroxylation is 1. The molecule has 0 aliphatic heterocycles. The summed E-state index contributed by atoms with van der Waals surface area (Å²) in [5.74, 6) is 0.456.